The van der Waals surface area contributed by atoms with Crippen LogP contribution in [0.3, 0.4) is 0 Å². The predicted molar refractivity (Wildman–Crippen MR) is 75.0 cm³/mol. The average Bonchev–Trinajstić information content (AvgIpc) is 2.30. The summed E-state index contributed by atoms with van der Waals surface area (Å²) in [6, 6.07) is 9.11. The van der Waals surface area contributed by atoms with Crippen LogP contribution in [0.5, 0.6) is 0 Å². The lowest BCUT2D eigenvalue weighted by Gasteiger charge is -1.99. The molecule has 0 spiro atoms. The molecule has 18 heavy (non-hydrogen) atoms. The van der Waals surface area contributed by atoms with Crippen molar-refractivity contribution in [2.75, 3.05) is 5.43 Å². The Labute approximate surface area is 112 Å². The molecule has 92 valence electrons. The molecule has 6 heteroatoms. The van der Waals surface area contributed by atoms with Crippen LogP contribution in [0.15, 0.2) is 44.7 Å². The predicted octanol–water partition coefficient (Wildman–Crippen LogP) is 2.29. The zero-order chi connectivity index (χ0) is 13.0. The van der Waals surface area contributed by atoms with Crippen LogP contribution in [-0.2, 0) is 0 Å². The second-order valence-corrected chi connectivity index (χ2v) is 4.57. The van der Waals surface area contributed by atoms with Gasteiger partial charge in [-0.25, -0.2) is 10.4 Å². The fourth-order valence-electron chi connectivity index (χ4n) is 1.35. The maximum Gasteiger partial charge on any atom is 0.252 e. The first-order valence-electron chi connectivity index (χ1n) is 5.26. The molecule has 1 aromatic carbocycles. The fourth-order valence-corrected chi connectivity index (χ4v) is 1.61. The second kappa shape index (κ2) is 5.59. The van der Waals surface area contributed by atoms with Gasteiger partial charge in [-0.2, -0.15) is 5.10 Å². The summed E-state index contributed by atoms with van der Waals surface area (Å²) in [6.45, 7) is 1.75. The number of aromatic amines is 1. The molecule has 1 heterocycles. The standard InChI is InChI=1S/C12H11BrN4O/c1-8-6-11(18)16-12(15-8)17-14-7-9-2-4-10(13)5-3-9/h2-7H,1H3,(H2,15,16,17,18)/b14-7+. The molecule has 0 bridgehead atoms. The first-order valence-corrected chi connectivity index (χ1v) is 6.05. The summed E-state index contributed by atoms with van der Waals surface area (Å²) in [5.74, 6) is 0.327. The zero-order valence-electron chi connectivity index (χ0n) is 9.64. The molecular formula is C12H11BrN4O. The van der Waals surface area contributed by atoms with Gasteiger partial charge in [0.05, 0.1) is 6.21 Å². The van der Waals surface area contributed by atoms with Gasteiger partial charge in [0.15, 0.2) is 0 Å². The third kappa shape index (κ3) is 3.53. The lowest BCUT2D eigenvalue weighted by molar-refractivity contribution is 1.04. The van der Waals surface area contributed by atoms with Crippen LogP contribution in [0.4, 0.5) is 5.95 Å². The maximum atomic E-state index is 11.2. The van der Waals surface area contributed by atoms with Crippen molar-refractivity contribution in [1.29, 1.82) is 0 Å². The molecule has 0 unspecified atom stereocenters. The number of aryl methyl sites for hydroxylation is 1. The van der Waals surface area contributed by atoms with E-state index < -0.39 is 0 Å². The Kier molecular flexibility index (Phi) is 3.88. The van der Waals surface area contributed by atoms with Crippen molar-refractivity contribution >= 4 is 28.1 Å². The largest absolute Gasteiger partial charge is 0.291 e. The number of nitrogens with one attached hydrogen (secondary N) is 2. The van der Waals surface area contributed by atoms with Crippen molar-refractivity contribution < 1.29 is 0 Å². The molecule has 2 rings (SSSR count). The molecule has 0 fully saturated rings. The van der Waals surface area contributed by atoms with Crippen LogP contribution < -0.4 is 11.0 Å². The summed E-state index contributed by atoms with van der Waals surface area (Å²) < 4.78 is 1.01. The van der Waals surface area contributed by atoms with E-state index >= 15 is 0 Å². The number of hydrogen-bond donors (Lipinski definition) is 2. The van der Waals surface area contributed by atoms with Crippen molar-refractivity contribution in [3.05, 3.63) is 56.4 Å². The molecule has 5 nitrogen and oxygen atoms in total. The van der Waals surface area contributed by atoms with E-state index in [1.54, 1.807) is 13.1 Å². The minimum atomic E-state index is -0.205. The summed E-state index contributed by atoms with van der Waals surface area (Å²) in [7, 11) is 0. The molecule has 0 saturated carbocycles. The summed E-state index contributed by atoms with van der Waals surface area (Å²) in [5.41, 5.74) is 4.06. The van der Waals surface area contributed by atoms with Crippen molar-refractivity contribution in [1.82, 2.24) is 9.97 Å². The van der Waals surface area contributed by atoms with E-state index in [1.807, 2.05) is 24.3 Å². The van der Waals surface area contributed by atoms with E-state index in [0.717, 1.165) is 10.0 Å². The summed E-state index contributed by atoms with van der Waals surface area (Å²) in [4.78, 5) is 17.8. The van der Waals surface area contributed by atoms with Gasteiger partial charge in [-0.3, -0.25) is 9.78 Å². The van der Waals surface area contributed by atoms with E-state index in [9.17, 15) is 4.79 Å². The van der Waals surface area contributed by atoms with E-state index in [4.69, 9.17) is 0 Å². The van der Waals surface area contributed by atoms with Gasteiger partial charge in [-0.1, -0.05) is 28.1 Å². The summed E-state index contributed by atoms with van der Waals surface area (Å²) in [5, 5.41) is 4.00. The number of H-pyrrole nitrogens is 1. The van der Waals surface area contributed by atoms with E-state index in [1.165, 1.54) is 6.07 Å². The Morgan fingerprint density at radius 2 is 2.11 bits per heavy atom. The molecule has 2 aromatic rings. The topological polar surface area (TPSA) is 70.1 Å². The number of nitrogens with zero attached hydrogens (tertiary/aromatic N) is 2. The quantitative estimate of drug-likeness (QED) is 0.675. The van der Waals surface area contributed by atoms with Crippen molar-refractivity contribution in [3.63, 3.8) is 0 Å². The lowest BCUT2D eigenvalue weighted by Crippen LogP contribution is -2.10. The molecule has 0 amide bonds. The highest BCUT2D eigenvalue weighted by Gasteiger charge is 1.95. The van der Waals surface area contributed by atoms with Gasteiger partial charge in [-0.05, 0) is 24.6 Å². The molecule has 2 N–H and O–H groups in total. The minimum absolute atomic E-state index is 0.205. The van der Waals surface area contributed by atoms with Crippen molar-refractivity contribution in [2.45, 2.75) is 6.92 Å². The third-order valence-electron chi connectivity index (χ3n) is 2.12. The van der Waals surface area contributed by atoms with Crippen LogP contribution in [-0.4, -0.2) is 16.2 Å². The lowest BCUT2D eigenvalue weighted by atomic mass is 10.2. The Morgan fingerprint density at radius 3 is 2.78 bits per heavy atom. The van der Waals surface area contributed by atoms with Gasteiger partial charge >= 0.3 is 0 Å². The highest BCUT2D eigenvalue weighted by Crippen LogP contribution is 2.09. The van der Waals surface area contributed by atoms with E-state index in [2.05, 4.69) is 36.4 Å². The van der Waals surface area contributed by atoms with E-state index in [-0.39, 0.29) is 5.56 Å². The van der Waals surface area contributed by atoms with Crippen LogP contribution in [0.25, 0.3) is 0 Å². The normalized spacial score (nSPS) is 10.8. The molecule has 1 aromatic heterocycles. The molecular weight excluding hydrogens is 296 g/mol. The summed E-state index contributed by atoms with van der Waals surface area (Å²) >= 11 is 3.36. The number of benzene rings is 1. The monoisotopic (exact) mass is 306 g/mol. The third-order valence-corrected chi connectivity index (χ3v) is 2.65. The SMILES string of the molecule is Cc1cc(=O)[nH]c(N/N=C/c2ccc(Br)cc2)n1. The van der Waals surface area contributed by atoms with Gasteiger partial charge in [0.1, 0.15) is 0 Å². The zero-order valence-corrected chi connectivity index (χ0v) is 11.2. The first-order chi connectivity index (χ1) is 8.63. The number of hydrazone groups is 1. The Morgan fingerprint density at radius 1 is 1.39 bits per heavy atom. The molecule has 0 atom stereocenters. The van der Waals surface area contributed by atoms with Crippen LogP contribution in [0.1, 0.15) is 11.3 Å². The van der Waals surface area contributed by atoms with Gasteiger partial charge in [0.2, 0.25) is 5.95 Å². The van der Waals surface area contributed by atoms with Gasteiger partial charge in [0, 0.05) is 16.2 Å². The molecule has 0 aliphatic rings. The number of aromatic nitrogens is 2. The molecule has 0 saturated heterocycles. The smallest absolute Gasteiger partial charge is 0.252 e. The Bertz CT molecular complexity index is 619. The minimum Gasteiger partial charge on any atom is -0.291 e. The fraction of sp³-hybridized carbons (Fsp3) is 0.0833. The first kappa shape index (κ1) is 12.5. The number of rotatable bonds is 3. The Balaban J connectivity index is 2.07. The van der Waals surface area contributed by atoms with Crippen LogP contribution in [0, 0.1) is 6.92 Å². The average molecular weight is 307 g/mol. The van der Waals surface area contributed by atoms with Crippen LogP contribution >= 0.6 is 15.9 Å². The van der Waals surface area contributed by atoms with Gasteiger partial charge in [0.25, 0.3) is 5.56 Å². The van der Waals surface area contributed by atoms with E-state index in [0.29, 0.717) is 11.6 Å². The number of hydrogen-bond acceptors (Lipinski definition) is 4. The van der Waals surface area contributed by atoms with Gasteiger partial charge in [-0.15, -0.1) is 0 Å². The van der Waals surface area contributed by atoms with Gasteiger partial charge < -0.3 is 0 Å². The highest BCUT2D eigenvalue weighted by molar-refractivity contribution is 9.10. The number of halogens is 1. The highest BCUT2D eigenvalue weighted by atomic mass is 79.9. The Hall–Kier alpha value is -1.95. The molecule has 0 aliphatic carbocycles. The summed E-state index contributed by atoms with van der Waals surface area (Å²) in [6.07, 6.45) is 1.65. The van der Waals surface area contributed by atoms with Crippen LogP contribution in [0.2, 0.25) is 0 Å². The molecule has 0 aliphatic heterocycles. The van der Waals surface area contributed by atoms with Crippen molar-refractivity contribution in [2.24, 2.45) is 5.10 Å². The maximum absolute atomic E-state index is 11.2. The van der Waals surface area contributed by atoms with Crippen molar-refractivity contribution in [3.8, 4) is 0 Å². The molecule has 0 radical (unpaired) electrons. The number of anilines is 1. The second-order valence-electron chi connectivity index (χ2n) is 3.66.